The Hall–Kier alpha value is -2.00. The lowest BCUT2D eigenvalue weighted by molar-refractivity contribution is -0.830. The number of aliphatic hydroxyl groups is 2. The molecule has 6 aliphatic rings. The number of carboxylic acids is 1. The summed E-state index contributed by atoms with van der Waals surface area (Å²) >= 11 is 0. The van der Waals surface area contributed by atoms with Gasteiger partial charge in [0.25, 0.3) is 5.96 Å². The maximum Gasteiger partial charge on any atom is 0.296 e. The number of aliphatic hydroxyl groups excluding tert-OH is 1. The number of rotatable bonds is 9. The Morgan fingerprint density at radius 1 is 1.30 bits per heavy atom. The molecule has 3 saturated carbocycles. The normalized spacial score (nSPS) is 44.4. The Kier molecular flexibility index (Phi) is 8.70. The number of allylic oxidation sites excluding steroid dienone is 1. The molecule has 43 heavy (non-hydrogen) atoms. The first-order valence-corrected chi connectivity index (χ1v) is 16.6. The van der Waals surface area contributed by atoms with E-state index in [-0.39, 0.29) is 54.0 Å². The van der Waals surface area contributed by atoms with E-state index < -0.39 is 17.0 Å². The fraction of sp³-hybridized carbons (Fsp3) is 0.818. The van der Waals surface area contributed by atoms with Gasteiger partial charge in [-0.3, -0.25) is 4.90 Å². The molecular weight excluding hydrogens is 546 g/mol. The van der Waals surface area contributed by atoms with E-state index in [1.165, 1.54) is 4.90 Å². The number of nitrogens with zero attached hydrogens (tertiary/aromatic N) is 1. The number of ether oxygens (including phenoxy) is 1. The highest BCUT2D eigenvalue weighted by Crippen LogP contribution is 2.77. The number of guanidine groups is 1. The van der Waals surface area contributed by atoms with E-state index >= 15 is 0 Å². The summed E-state index contributed by atoms with van der Waals surface area (Å²) < 4.78 is 6.43. The molecular formula is C33H51N5O5. The summed E-state index contributed by atoms with van der Waals surface area (Å²) in [6.45, 7) is 5.83. The number of hydrogen-bond donors (Lipinski definition) is 6. The predicted molar refractivity (Wildman–Crippen MR) is 161 cm³/mol. The minimum absolute atomic E-state index is 0.0105. The van der Waals surface area contributed by atoms with Crippen LogP contribution in [0.4, 0.5) is 0 Å². The molecule has 10 nitrogen and oxygen atoms in total. The summed E-state index contributed by atoms with van der Waals surface area (Å²) in [6, 6.07) is 0.374. The monoisotopic (exact) mass is 597 g/mol. The molecule has 1 unspecified atom stereocenters. The average molecular weight is 598 g/mol. The van der Waals surface area contributed by atoms with Crippen LogP contribution in [0.15, 0.2) is 16.1 Å². The van der Waals surface area contributed by atoms with Crippen LogP contribution in [-0.4, -0.2) is 99.9 Å². The van der Waals surface area contributed by atoms with Crippen molar-refractivity contribution in [3.05, 3.63) is 11.1 Å². The molecule has 6 rings (SSSR count). The Labute approximate surface area is 256 Å². The molecule has 4 fully saturated rings. The summed E-state index contributed by atoms with van der Waals surface area (Å²) in [7, 11) is 3.80. The molecule has 6 N–H and O–H groups in total. The first-order valence-electron chi connectivity index (χ1n) is 16.6. The Balaban J connectivity index is 1.46. The van der Waals surface area contributed by atoms with E-state index in [2.05, 4.69) is 39.7 Å². The van der Waals surface area contributed by atoms with Crippen molar-refractivity contribution in [2.24, 2.45) is 39.5 Å². The molecule has 1 saturated heterocycles. The van der Waals surface area contributed by atoms with Crippen molar-refractivity contribution >= 4 is 11.9 Å². The maximum absolute atomic E-state index is 13.1. The highest BCUT2D eigenvalue weighted by atomic mass is 16.5. The van der Waals surface area contributed by atoms with Gasteiger partial charge < -0.3 is 40.8 Å². The average Bonchev–Trinajstić information content (AvgIpc) is 3.37. The molecule has 0 aromatic rings. The fourth-order valence-corrected chi connectivity index (χ4v) is 10.9. The first-order chi connectivity index (χ1) is 20.7. The van der Waals surface area contributed by atoms with E-state index in [9.17, 15) is 20.1 Å². The number of nitrogens with one attached hydrogen (secondary N) is 4. The summed E-state index contributed by atoms with van der Waals surface area (Å²) in [5, 5.41) is 45.5. The van der Waals surface area contributed by atoms with E-state index in [0.717, 1.165) is 69.7 Å². The van der Waals surface area contributed by atoms with Crippen LogP contribution in [0.1, 0.15) is 58.3 Å². The second-order valence-corrected chi connectivity index (χ2v) is 14.2. The van der Waals surface area contributed by atoms with Gasteiger partial charge in [0.2, 0.25) is 0 Å². The smallest absolute Gasteiger partial charge is 0.296 e. The molecule has 0 amide bonds. The second-order valence-electron chi connectivity index (χ2n) is 14.2. The third-order valence-electron chi connectivity index (χ3n) is 12.4. The fourth-order valence-electron chi connectivity index (χ4n) is 10.9. The lowest BCUT2D eigenvalue weighted by Crippen LogP contribution is -3.19. The van der Waals surface area contributed by atoms with Crippen molar-refractivity contribution in [3.8, 4) is 11.8 Å². The third-order valence-corrected chi connectivity index (χ3v) is 12.4. The van der Waals surface area contributed by atoms with Crippen LogP contribution in [0.5, 0.6) is 0 Å². The lowest BCUT2D eigenvalue weighted by Gasteiger charge is -2.62. The van der Waals surface area contributed by atoms with Gasteiger partial charge in [0, 0.05) is 48.4 Å². The summed E-state index contributed by atoms with van der Waals surface area (Å²) in [6.07, 6.45) is 6.71. The largest absolute Gasteiger partial charge is 0.545 e. The first kappa shape index (κ1) is 31.0. The van der Waals surface area contributed by atoms with Gasteiger partial charge in [0.15, 0.2) is 0 Å². The number of fused-ring (bicyclic) bond motifs is 1. The zero-order valence-electron chi connectivity index (χ0n) is 26.1. The van der Waals surface area contributed by atoms with Crippen molar-refractivity contribution in [1.29, 1.82) is 0 Å². The molecule has 2 aliphatic heterocycles. The molecule has 10 atom stereocenters. The lowest BCUT2D eigenvalue weighted by atomic mass is 9.43. The standard InChI is InChI=1S/C33H51N5O5/c1-21-14-22-6-5-10-37-30(35-3)38-12-9-23(17-36-11-13-39)33(19-38)26(22)16-27-28(29(40)41)31(42,18-32(21,27)33)20-43-25-8-4-7-24(15-25)34-2/h21-26,34,36,39,42H,4,7-20H2,1-3H3,(H,35,37)(H,40,41)/t21-,22-,23-,24-,25+,26+,31+,32+,33+/m1/s1. The molecule has 0 aromatic heterocycles. The van der Waals surface area contributed by atoms with Crippen molar-refractivity contribution in [2.75, 3.05) is 60.0 Å². The number of carboxylic acid groups (broad SMARTS) is 1. The molecule has 0 radical (unpaired) electrons. The number of carbonyl (C=O) groups excluding carboxylic acids is 1. The predicted octanol–water partition coefficient (Wildman–Crippen LogP) is -1.56. The van der Waals surface area contributed by atoms with Gasteiger partial charge in [-0.2, -0.15) is 0 Å². The van der Waals surface area contributed by atoms with Crippen LogP contribution < -0.4 is 26.0 Å². The summed E-state index contributed by atoms with van der Waals surface area (Å²) in [4.78, 5) is 19.0. The quantitative estimate of drug-likeness (QED) is 0.139. The van der Waals surface area contributed by atoms with E-state index in [1.54, 1.807) is 0 Å². The minimum Gasteiger partial charge on any atom is -0.545 e. The van der Waals surface area contributed by atoms with Crippen LogP contribution >= 0.6 is 0 Å². The van der Waals surface area contributed by atoms with Gasteiger partial charge in [-0.25, -0.2) is 4.99 Å². The molecule has 0 aromatic carbocycles. The van der Waals surface area contributed by atoms with Gasteiger partial charge in [-0.05, 0) is 76.3 Å². The maximum atomic E-state index is 13.1. The molecule has 10 heteroatoms. The number of quaternary nitrogens is 1. The van der Waals surface area contributed by atoms with E-state index in [4.69, 9.17) is 4.74 Å². The van der Waals surface area contributed by atoms with Crippen LogP contribution in [0.3, 0.4) is 0 Å². The Bertz CT molecular complexity index is 1210. The van der Waals surface area contributed by atoms with Crippen LogP contribution in [-0.2, 0) is 9.53 Å². The molecule has 2 heterocycles. The van der Waals surface area contributed by atoms with Crippen molar-refractivity contribution in [3.63, 3.8) is 0 Å². The van der Waals surface area contributed by atoms with Crippen LogP contribution in [0.2, 0.25) is 0 Å². The topological polar surface area (TPSA) is 143 Å². The van der Waals surface area contributed by atoms with Crippen molar-refractivity contribution in [1.82, 2.24) is 16.0 Å². The van der Waals surface area contributed by atoms with Gasteiger partial charge in [0.1, 0.15) is 5.60 Å². The third kappa shape index (κ3) is 4.86. The Morgan fingerprint density at radius 2 is 2.14 bits per heavy atom. The summed E-state index contributed by atoms with van der Waals surface area (Å²) in [5.41, 5.74) is -1.45. The number of piperidine rings is 1. The number of hydrogen-bond acceptors (Lipinski definition) is 8. The highest BCUT2D eigenvalue weighted by molar-refractivity contribution is 5.90. The van der Waals surface area contributed by atoms with E-state index in [1.807, 2.05) is 14.1 Å². The van der Waals surface area contributed by atoms with Crippen molar-refractivity contribution in [2.45, 2.75) is 76.0 Å². The van der Waals surface area contributed by atoms with Gasteiger partial charge >= 0.3 is 0 Å². The number of carbonyl (C=O) groups is 1. The summed E-state index contributed by atoms with van der Waals surface area (Å²) in [5.74, 6) is 7.33. The second kappa shape index (κ2) is 12.1. The van der Waals surface area contributed by atoms with Gasteiger partial charge in [-0.15, -0.1) is 0 Å². The number of aliphatic carboxylic acids is 1. The molecule has 2 spiro atoms. The van der Waals surface area contributed by atoms with Crippen LogP contribution in [0, 0.1) is 46.3 Å². The Morgan fingerprint density at radius 3 is 2.88 bits per heavy atom. The van der Waals surface area contributed by atoms with Crippen molar-refractivity contribution < 1.29 is 29.8 Å². The highest BCUT2D eigenvalue weighted by Gasteiger charge is 2.77. The SMILES string of the molecule is CN=C1NCC#C[C@@H]2C[C@@H](C)[C@@]34C[C@](O)(CO[C@H]5CCC[C@@H](NC)C5)C(C(=O)[O-])=C3C[C@@H]2[C@@]42C[NH+]1CC[C@@H]2CNCCO. The number of aliphatic imine (C=N–C) groups is 1. The zero-order chi connectivity index (χ0) is 30.4. The molecule has 5 bridgehead atoms. The molecule has 238 valence electrons. The zero-order valence-corrected chi connectivity index (χ0v) is 26.1. The minimum atomic E-state index is -1.61. The molecule has 4 aliphatic carbocycles. The van der Waals surface area contributed by atoms with Gasteiger partial charge in [0.05, 0.1) is 44.9 Å². The van der Waals surface area contributed by atoms with E-state index in [0.29, 0.717) is 32.0 Å². The van der Waals surface area contributed by atoms with Gasteiger partial charge in [-0.1, -0.05) is 24.3 Å². The van der Waals surface area contributed by atoms with Crippen LogP contribution in [0.25, 0.3) is 0 Å².